The van der Waals surface area contributed by atoms with Crippen molar-refractivity contribution in [1.82, 2.24) is 4.98 Å². The number of nitrogens with zero attached hydrogens (tertiary/aromatic N) is 1. The fourth-order valence-electron chi connectivity index (χ4n) is 1.81. The third-order valence-electron chi connectivity index (χ3n) is 2.76. The summed E-state index contributed by atoms with van der Waals surface area (Å²) in [5.41, 5.74) is 7.27. The Hall–Kier alpha value is -2.63. The third-order valence-corrected chi connectivity index (χ3v) is 2.76. The smallest absolute Gasteiger partial charge is 0.233 e. The molecule has 20 heavy (non-hydrogen) atoms. The van der Waals surface area contributed by atoms with Gasteiger partial charge in [0.15, 0.2) is 23.8 Å². The Morgan fingerprint density at radius 2 is 1.95 bits per heavy atom. The molecule has 3 aromatic rings. The summed E-state index contributed by atoms with van der Waals surface area (Å²) in [6.07, 6.45) is 0. The number of anilines is 1. The number of aromatic nitrogens is 1. The van der Waals surface area contributed by atoms with E-state index in [0.717, 1.165) is 6.07 Å². The van der Waals surface area contributed by atoms with Gasteiger partial charge in [-0.25, -0.2) is 9.37 Å². The summed E-state index contributed by atoms with van der Waals surface area (Å²) in [5, 5.41) is 0. The fourth-order valence-corrected chi connectivity index (χ4v) is 1.81. The fraction of sp³-hybridized carbons (Fsp3) is 0.0714. The zero-order valence-corrected chi connectivity index (χ0v) is 10.3. The SMILES string of the molecule is Nc1cccc2oc(COc3cccc(F)c3F)nc12. The number of nitrogen functional groups attached to an aromatic ring is 1. The van der Waals surface area contributed by atoms with Crippen molar-refractivity contribution in [2.24, 2.45) is 0 Å². The summed E-state index contributed by atoms with van der Waals surface area (Å²) in [6, 6.07) is 8.85. The Kier molecular flexibility index (Phi) is 2.98. The molecule has 0 saturated heterocycles. The van der Waals surface area contributed by atoms with Crippen LogP contribution in [0.1, 0.15) is 5.89 Å². The van der Waals surface area contributed by atoms with Gasteiger partial charge in [-0.05, 0) is 24.3 Å². The van der Waals surface area contributed by atoms with E-state index >= 15 is 0 Å². The van der Waals surface area contributed by atoms with Gasteiger partial charge in [-0.1, -0.05) is 12.1 Å². The molecule has 3 rings (SSSR count). The van der Waals surface area contributed by atoms with Crippen LogP contribution in [0, 0.1) is 11.6 Å². The second kappa shape index (κ2) is 4.80. The molecule has 0 radical (unpaired) electrons. The summed E-state index contributed by atoms with van der Waals surface area (Å²) in [4.78, 5) is 4.15. The van der Waals surface area contributed by atoms with Crippen LogP contribution in [0.4, 0.5) is 14.5 Å². The highest BCUT2D eigenvalue weighted by molar-refractivity contribution is 5.85. The number of hydrogen-bond acceptors (Lipinski definition) is 4. The molecule has 0 amide bonds. The number of nitrogens with two attached hydrogens (primary N) is 1. The number of hydrogen-bond donors (Lipinski definition) is 1. The number of halogens is 2. The Morgan fingerprint density at radius 1 is 1.15 bits per heavy atom. The lowest BCUT2D eigenvalue weighted by molar-refractivity contribution is 0.252. The summed E-state index contributed by atoms with van der Waals surface area (Å²) >= 11 is 0. The molecule has 0 fully saturated rings. The van der Waals surface area contributed by atoms with Crippen molar-refractivity contribution in [2.75, 3.05) is 5.73 Å². The molecule has 0 bridgehead atoms. The minimum absolute atomic E-state index is 0.117. The van der Waals surface area contributed by atoms with Crippen molar-refractivity contribution in [3.63, 3.8) is 0 Å². The highest BCUT2D eigenvalue weighted by Crippen LogP contribution is 2.23. The molecule has 6 heteroatoms. The summed E-state index contributed by atoms with van der Waals surface area (Å²) in [5.74, 6) is -1.96. The zero-order chi connectivity index (χ0) is 14.1. The van der Waals surface area contributed by atoms with Gasteiger partial charge >= 0.3 is 0 Å². The van der Waals surface area contributed by atoms with E-state index < -0.39 is 11.6 Å². The van der Waals surface area contributed by atoms with Crippen LogP contribution in [0.5, 0.6) is 5.75 Å². The molecule has 0 aliphatic rings. The Labute approximate surface area is 112 Å². The van der Waals surface area contributed by atoms with Gasteiger partial charge < -0.3 is 14.9 Å². The highest BCUT2D eigenvalue weighted by atomic mass is 19.2. The van der Waals surface area contributed by atoms with Gasteiger partial charge in [-0.3, -0.25) is 0 Å². The highest BCUT2D eigenvalue weighted by Gasteiger charge is 2.12. The number of oxazole rings is 1. The van der Waals surface area contributed by atoms with Gasteiger partial charge in [0.2, 0.25) is 11.7 Å². The van der Waals surface area contributed by atoms with Crippen LogP contribution in [0.15, 0.2) is 40.8 Å². The van der Waals surface area contributed by atoms with Crippen LogP contribution in [0.25, 0.3) is 11.1 Å². The molecule has 0 aliphatic heterocycles. The minimum atomic E-state index is -1.04. The summed E-state index contributed by atoms with van der Waals surface area (Å²) in [6.45, 7) is -0.117. The largest absolute Gasteiger partial charge is 0.481 e. The molecule has 102 valence electrons. The van der Waals surface area contributed by atoms with Gasteiger partial charge in [-0.15, -0.1) is 0 Å². The lowest BCUT2D eigenvalue weighted by atomic mass is 10.3. The van der Waals surface area contributed by atoms with E-state index in [1.807, 2.05) is 0 Å². The molecule has 2 aromatic carbocycles. The maximum Gasteiger partial charge on any atom is 0.233 e. The first kappa shape index (κ1) is 12.4. The summed E-state index contributed by atoms with van der Waals surface area (Å²) in [7, 11) is 0. The normalized spacial score (nSPS) is 10.9. The molecular weight excluding hydrogens is 266 g/mol. The van der Waals surface area contributed by atoms with Gasteiger partial charge in [0.1, 0.15) is 5.52 Å². The van der Waals surface area contributed by atoms with Crippen LogP contribution in [-0.4, -0.2) is 4.98 Å². The van der Waals surface area contributed by atoms with E-state index in [1.165, 1.54) is 12.1 Å². The van der Waals surface area contributed by atoms with E-state index in [1.54, 1.807) is 18.2 Å². The second-order valence-electron chi connectivity index (χ2n) is 4.14. The predicted molar refractivity (Wildman–Crippen MR) is 69.1 cm³/mol. The van der Waals surface area contributed by atoms with Crippen LogP contribution in [0.3, 0.4) is 0 Å². The maximum atomic E-state index is 13.4. The predicted octanol–water partition coefficient (Wildman–Crippen LogP) is 3.27. The first-order valence-corrected chi connectivity index (χ1v) is 5.86. The van der Waals surface area contributed by atoms with Gasteiger partial charge in [0.25, 0.3) is 0 Å². The zero-order valence-electron chi connectivity index (χ0n) is 10.3. The second-order valence-corrected chi connectivity index (χ2v) is 4.14. The number of rotatable bonds is 3. The van der Waals surface area contributed by atoms with E-state index in [9.17, 15) is 8.78 Å². The molecular formula is C14H10F2N2O2. The average Bonchev–Trinajstić information content (AvgIpc) is 2.85. The first-order valence-electron chi connectivity index (χ1n) is 5.86. The average molecular weight is 276 g/mol. The number of benzene rings is 2. The topological polar surface area (TPSA) is 61.3 Å². The van der Waals surface area contributed by atoms with Crippen molar-refractivity contribution >= 4 is 16.8 Å². The monoisotopic (exact) mass is 276 g/mol. The summed E-state index contributed by atoms with van der Waals surface area (Å²) < 4.78 is 37.0. The molecule has 4 nitrogen and oxygen atoms in total. The van der Waals surface area contributed by atoms with E-state index in [4.69, 9.17) is 14.9 Å². The molecule has 2 N–H and O–H groups in total. The molecule has 0 aliphatic carbocycles. The lowest BCUT2D eigenvalue weighted by Gasteiger charge is -2.04. The quantitative estimate of drug-likeness (QED) is 0.746. The van der Waals surface area contributed by atoms with Crippen molar-refractivity contribution in [3.05, 3.63) is 53.9 Å². The van der Waals surface area contributed by atoms with Crippen molar-refractivity contribution < 1.29 is 17.9 Å². The maximum absolute atomic E-state index is 13.4. The van der Waals surface area contributed by atoms with Crippen molar-refractivity contribution in [3.8, 4) is 5.75 Å². The number of ether oxygens (including phenoxy) is 1. The number of para-hydroxylation sites is 1. The van der Waals surface area contributed by atoms with Crippen molar-refractivity contribution in [2.45, 2.75) is 6.61 Å². The number of fused-ring (bicyclic) bond motifs is 1. The molecule has 1 aromatic heterocycles. The molecule has 0 atom stereocenters. The Bertz CT molecular complexity index is 771. The van der Waals surface area contributed by atoms with Gasteiger partial charge in [0.05, 0.1) is 5.69 Å². The van der Waals surface area contributed by atoms with Crippen LogP contribution < -0.4 is 10.5 Å². The van der Waals surface area contributed by atoms with Crippen LogP contribution in [0.2, 0.25) is 0 Å². The molecule has 0 saturated carbocycles. The van der Waals surface area contributed by atoms with E-state index in [-0.39, 0.29) is 18.2 Å². The Balaban J connectivity index is 1.83. The Morgan fingerprint density at radius 3 is 2.75 bits per heavy atom. The van der Waals surface area contributed by atoms with Crippen LogP contribution in [-0.2, 0) is 6.61 Å². The molecule has 1 heterocycles. The van der Waals surface area contributed by atoms with E-state index in [2.05, 4.69) is 4.98 Å². The lowest BCUT2D eigenvalue weighted by Crippen LogP contribution is -1.99. The first-order chi connectivity index (χ1) is 9.65. The van der Waals surface area contributed by atoms with Crippen LogP contribution >= 0.6 is 0 Å². The van der Waals surface area contributed by atoms with Gasteiger partial charge in [-0.2, -0.15) is 4.39 Å². The minimum Gasteiger partial charge on any atom is -0.481 e. The molecule has 0 spiro atoms. The molecule has 0 unspecified atom stereocenters. The van der Waals surface area contributed by atoms with Crippen molar-refractivity contribution in [1.29, 1.82) is 0 Å². The van der Waals surface area contributed by atoms with E-state index in [0.29, 0.717) is 16.8 Å². The van der Waals surface area contributed by atoms with Gasteiger partial charge in [0, 0.05) is 0 Å². The third kappa shape index (κ3) is 2.16. The standard InChI is InChI=1S/C14H10F2N2O2/c15-8-3-1-5-10(13(8)16)19-7-12-18-14-9(17)4-2-6-11(14)20-12/h1-6H,7,17H2.